The second-order valence-electron chi connectivity index (χ2n) is 2.39. The lowest BCUT2D eigenvalue weighted by Gasteiger charge is -2.12. The Morgan fingerprint density at radius 2 is 1.50 bits per heavy atom. The first-order valence-corrected chi connectivity index (χ1v) is 4.10. The average molecular weight is 187 g/mol. The fraction of sp³-hybridized carbons (Fsp3) is 0.444. The van der Waals surface area contributed by atoms with Crippen molar-refractivity contribution in [3.63, 3.8) is 0 Å². The molecule has 12 heavy (non-hydrogen) atoms. The first kappa shape index (κ1) is 11.2. The van der Waals surface area contributed by atoms with Gasteiger partial charge in [0.05, 0.1) is 13.1 Å². The van der Waals surface area contributed by atoms with Gasteiger partial charge in [0, 0.05) is 12.1 Å². The molecule has 0 unspecified atom stereocenters. The van der Waals surface area contributed by atoms with Gasteiger partial charge in [-0.2, -0.15) is 5.01 Å². The van der Waals surface area contributed by atoms with E-state index in [0.29, 0.717) is 0 Å². The maximum atomic E-state index is 2.25. The molecule has 0 spiro atoms. The molecule has 0 aliphatic heterocycles. The monoisotopic (exact) mass is 186 g/mol. The lowest BCUT2D eigenvalue weighted by molar-refractivity contribution is -0.693. The maximum Gasteiger partial charge on any atom is 0.199 e. The van der Waals surface area contributed by atoms with Crippen molar-refractivity contribution in [3.05, 3.63) is 30.6 Å². The van der Waals surface area contributed by atoms with Crippen molar-refractivity contribution >= 4 is 0 Å². The molecule has 0 saturated carbocycles. The number of rotatable bonds is 3. The van der Waals surface area contributed by atoms with E-state index in [0.717, 1.165) is 13.1 Å². The molecule has 68 valence electrons. The Balaban J connectivity index is 0.00000121. The zero-order valence-corrected chi connectivity index (χ0v) is 8.33. The molecule has 0 fully saturated rings. The van der Waals surface area contributed by atoms with Crippen molar-refractivity contribution in [1.29, 1.82) is 0 Å². The van der Waals surface area contributed by atoms with Crippen molar-refractivity contribution in [2.45, 2.75) is 13.8 Å². The van der Waals surface area contributed by atoms with Crippen LogP contribution >= 0.6 is 0 Å². The Hall–Kier alpha value is -0.760. The first-order valence-electron chi connectivity index (χ1n) is 4.10. The van der Waals surface area contributed by atoms with Crippen molar-refractivity contribution < 1.29 is 17.1 Å². The maximum absolute atomic E-state index is 2.25. The molecule has 0 atom stereocenters. The molecule has 0 aromatic carbocycles. The van der Waals surface area contributed by atoms with Gasteiger partial charge in [-0.3, -0.25) is 0 Å². The molecule has 0 aliphatic carbocycles. The molecule has 0 aliphatic rings. The molecule has 1 aromatic heterocycles. The van der Waals surface area contributed by atoms with Crippen LogP contribution in [0, 0.1) is 0 Å². The van der Waals surface area contributed by atoms with Gasteiger partial charge in [0.15, 0.2) is 12.4 Å². The van der Waals surface area contributed by atoms with Gasteiger partial charge in [-0.1, -0.05) is 10.7 Å². The largest absolute Gasteiger partial charge is 1.00 e. The van der Waals surface area contributed by atoms with Crippen LogP contribution in [0.2, 0.25) is 0 Å². The molecular weight excluding hydrogens is 172 g/mol. The van der Waals surface area contributed by atoms with Gasteiger partial charge in [-0.05, 0) is 13.8 Å². The number of hydrogen-bond acceptors (Lipinski definition) is 1. The molecule has 2 nitrogen and oxygen atoms in total. The first-order chi connectivity index (χ1) is 5.38. The molecule has 3 heteroatoms. The zero-order chi connectivity index (χ0) is 8.10. The van der Waals surface area contributed by atoms with Gasteiger partial charge >= 0.3 is 0 Å². The Bertz CT molecular complexity index is 197. The number of aromatic nitrogens is 1. The Kier molecular flexibility index (Phi) is 5.47. The van der Waals surface area contributed by atoms with Gasteiger partial charge in [0.25, 0.3) is 0 Å². The summed E-state index contributed by atoms with van der Waals surface area (Å²) in [6, 6.07) is 6.11. The predicted molar refractivity (Wildman–Crippen MR) is 45.9 cm³/mol. The van der Waals surface area contributed by atoms with Crippen LogP contribution in [0.1, 0.15) is 13.8 Å². The minimum absolute atomic E-state index is 0. The summed E-state index contributed by atoms with van der Waals surface area (Å²) in [5.74, 6) is 0. The molecule has 0 saturated heterocycles. The summed E-state index contributed by atoms with van der Waals surface area (Å²) < 4.78 is 2.11. The van der Waals surface area contributed by atoms with Crippen LogP contribution in [0.4, 0.5) is 0 Å². The fourth-order valence-electron chi connectivity index (χ4n) is 1.13. The van der Waals surface area contributed by atoms with Crippen molar-refractivity contribution in [2.75, 3.05) is 18.1 Å². The molecule has 1 rings (SSSR count). The number of hydrogen-bond donors (Lipinski definition) is 0. The van der Waals surface area contributed by atoms with E-state index in [2.05, 4.69) is 35.9 Å². The van der Waals surface area contributed by atoms with Crippen LogP contribution in [0.3, 0.4) is 0 Å². The van der Waals surface area contributed by atoms with E-state index < -0.39 is 0 Å². The third-order valence-electron chi connectivity index (χ3n) is 1.76. The standard InChI is InChI=1S/C9H15N2.ClH/c1-3-10(4-2)11-8-6-5-7-9-11;/h5-9H,3-4H2,1-2H3;1H/q+1;/p-1. The van der Waals surface area contributed by atoms with Gasteiger partial charge in [0.2, 0.25) is 0 Å². The van der Waals surface area contributed by atoms with Gasteiger partial charge in [-0.15, -0.1) is 0 Å². The van der Waals surface area contributed by atoms with E-state index >= 15 is 0 Å². The van der Waals surface area contributed by atoms with E-state index in [1.165, 1.54) is 0 Å². The van der Waals surface area contributed by atoms with Crippen molar-refractivity contribution in [2.24, 2.45) is 0 Å². The molecule has 0 bridgehead atoms. The summed E-state index contributed by atoms with van der Waals surface area (Å²) in [6.45, 7) is 6.41. The third kappa shape index (κ3) is 2.70. The summed E-state index contributed by atoms with van der Waals surface area (Å²) in [5.41, 5.74) is 0. The smallest absolute Gasteiger partial charge is 0.199 e. The Morgan fingerprint density at radius 1 is 1.00 bits per heavy atom. The number of pyridine rings is 1. The molecule has 0 amide bonds. The highest BCUT2D eigenvalue weighted by molar-refractivity contribution is 4.84. The molecule has 0 radical (unpaired) electrons. The highest BCUT2D eigenvalue weighted by atomic mass is 35.5. The molecular formula is C9H15ClN2. The number of halogens is 1. The summed E-state index contributed by atoms with van der Waals surface area (Å²) in [5, 5.41) is 2.25. The van der Waals surface area contributed by atoms with E-state index in [1.807, 2.05) is 18.2 Å². The lowest BCUT2D eigenvalue weighted by atomic mass is 10.5. The van der Waals surface area contributed by atoms with Crippen LogP contribution in [0.25, 0.3) is 0 Å². The topological polar surface area (TPSA) is 7.12 Å². The summed E-state index contributed by atoms with van der Waals surface area (Å²) >= 11 is 0. The molecule has 0 N–H and O–H groups in total. The van der Waals surface area contributed by atoms with Gasteiger partial charge < -0.3 is 12.4 Å². The van der Waals surface area contributed by atoms with E-state index in [1.54, 1.807) is 0 Å². The van der Waals surface area contributed by atoms with E-state index in [-0.39, 0.29) is 12.4 Å². The van der Waals surface area contributed by atoms with Crippen LogP contribution < -0.4 is 22.1 Å². The quantitative estimate of drug-likeness (QED) is 0.494. The summed E-state index contributed by atoms with van der Waals surface area (Å²) in [6.07, 6.45) is 4.12. The minimum atomic E-state index is 0. The Morgan fingerprint density at radius 3 is 1.92 bits per heavy atom. The van der Waals surface area contributed by atoms with E-state index in [4.69, 9.17) is 0 Å². The second kappa shape index (κ2) is 5.84. The third-order valence-corrected chi connectivity index (χ3v) is 1.76. The van der Waals surface area contributed by atoms with Gasteiger partial charge in [-0.25, -0.2) is 0 Å². The normalized spacial score (nSPS) is 8.83. The highest BCUT2D eigenvalue weighted by Gasteiger charge is 2.04. The van der Waals surface area contributed by atoms with Crippen molar-refractivity contribution in [1.82, 2.24) is 0 Å². The zero-order valence-electron chi connectivity index (χ0n) is 7.57. The molecule has 1 heterocycles. The summed E-state index contributed by atoms with van der Waals surface area (Å²) in [4.78, 5) is 0. The average Bonchev–Trinajstić information content (AvgIpc) is 2.09. The van der Waals surface area contributed by atoms with Crippen LogP contribution in [-0.2, 0) is 0 Å². The fourth-order valence-corrected chi connectivity index (χ4v) is 1.13. The summed E-state index contributed by atoms with van der Waals surface area (Å²) in [7, 11) is 0. The van der Waals surface area contributed by atoms with Crippen molar-refractivity contribution in [3.8, 4) is 0 Å². The van der Waals surface area contributed by atoms with E-state index in [9.17, 15) is 0 Å². The van der Waals surface area contributed by atoms with Crippen LogP contribution in [0.5, 0.6) is 0 Å². The van der Waals surface area contributed by atoms with Crippen LogP contribution in [-0.4, -0.2) is 13.1 Å². The lowest BCUT2D eigenvalue weighted by Crippen LogP contribution is -3.00. The Labute approximate surface area is 80.2 Å². The SMILES string of the molecule is CCN(CC)[n+]1ccccc1.[Cl-]. The minimum Gasteiger partial charge on any atom is -1.00 e. The predicted octanol–water partition coefficient (Wildman–Crippen LogP) is -2.04. The highest BCUT2D eigenvalue weighted by Crippen LogP contribution is 1.80. The second-order valence-corrected chi connectivity index (χ2v) is 2.39. The van der Waals surface area contributed by atoms with Gasteiger partial charge in [0.1, 0.15) is 0 Å². The van der Waals surface area contributed by atoms with Crippen LogP contribution in [0.15, 0.2) is 30.6 Å². The molecule has 1 aromatic rings. The number of nitrogens with zero attached hydrogens (tertiary/aromatic N) is 2.